The molecule has 1 saturated heterocycles. The van der Waals surface area contributed by atoms with E-state index in [9.17, 15) is 27.9 Å². The molecule has 1 fully saturated rings. The number of carbonyl (C=O) groups is 2. The number of rotatable bonds is 6. The lowest BCUT2D eigenvalue weighted by Crippen LogP contribution is -2.72. The summed E-state index contributed by atoms with van der Waals surface area (Å²) in [6.45, 7) is 2.07. The van der Waals surface area contributed by atoms with Gasteiger partial charge in [-0.05, 0) is 24.6 Å². The summed E-state index contributed by atoms with van der Waals surface area (Å²) in [5.74, 6) is -2.57. The Morgan fingerprint density at radius 1 is 1.16 bits per heavy atom. The van der Waals surface area contributed by atoms with Crippen molar-refractivity contribution in [3.63, 3.8) is 0 Å². The molecule has 166 valence electrons. The van der Waals surface area contributed by atoms with E-state index in [2.05, 4.69) is 5.32 Å². The van der Waals surface area contributed by atoms with Crippen molar-refractivity contribution in [1.82, 2.24) is 10.6 Å². The molecule has 1 aliphatic heterocycles. The van der Waals surface area contributed by atoms with Crippen molar-refractivity contribution in [1.29, 1.82) is 0 Å². The van der Waals surface area contributed by atoms with Crippen LogP contribution in [0.5, 0.6) is 11.5 Å². The fourth-order valence-corrected chi connectivity index (χ4v) is 3.55. The molecule has 0 saturated carbocycles. The molecule has 7 nitrogen and oxygen atoms in total. The van der Waals surface area contributed by atoms with E-state index < -0.39 is 35.7 Å². The van der Waals surface area contributed by atoms with Crippen LogP contribution in [0.3, 0.4) is 0 Å². The van der Waals surface area contributed by atoms with E-state index in [1.165, 1.54) is 54.9 Å². The smallest absolute Gasteiger partial charge is 0.437 e. The van der Waals surface area contributed by atoms with Crippen LogP contribution in [-0.4, -0.2) is 42.5 Å². The Bertz CT molecular complexity index is 967. The summed E-state index contributed by atoms with van der Waals surface area (Å²) in [5.41, 5.74) is -3.71. The highest BCUT2D eigenvalue weighted by Crippen LogP contribution is 2.45. The Labute approximate surface area is 176 Å². The zero-order valence-corrected chi connectivity index (χ0v) is 16.7. The van der Waals surface area contributed by atoms with E-state index in [1.807, 2.05) is 0 Å². The third-order valence-corrected chi connectivity index (χ3v) is 4.99. The predicted octanol–water partition coefficient (Wildman–Crippen LogP) is 3.20. The van der Waals surface area contributed by atoms with E-state index in [1.54, 1.807) is 13.0 Å². The molecule has 2 aromatic carbocycles. The van der Waals surface area contributed by atoms with Crippen molar-refractivity contribution in [2.45, 2.75) is 24.9 Å². The maximum atomic E-state index is 13.9. The SMILES string of the molecule is CCOc1ccc([C@@H]2NC(=O)N[C@@](O)(C(F)(F)F)[C@@H]2C(=O)c2ccccc2)cc1OC. The van der Waals surface area contributed by atoms with Crippen LogP contribution in [0.2, 0.25) is 0 Å². The number of nitrogens with one attached hydrogen (secondary N) is 2. The van der Waals surface area contributed by atoms with Crippen LogP contribution in [-0.2, 0) is 0 Å². The molecule has 0 spiro atoms. The third-order valence-electron chi connectivity index (χ3n) is 4.99. The number of amides is 2. The number of urea groups is 1. The van der Waals surface area contributed by atoms with Gasteiger partial charge in [-0.1, -0.05) is 36.4 Å². The van der Waals surface area contributed by atoms with Crippen molar-refractivity contribution in [3.05, 3.63) is 59.7 Å². The molecule has 2 amide bonds. The second kappa shape index (κ2) is 8.46. The first-order chi connectivity index (χ1) is 14.6. The quantitative estimate of drug-likeness (QED) is 0.602. The lowest BCUT2D eigenvalue weighted by Gasteiger charge is -2.45. The molecule has 3 N–H and O–H groups in total. The summed E-state index contributed by atoms with van der Waals surface area (Å²) in [5, 5.41) is 14.4. The van der Waals surface area contributed by atoms with Crippen molar-refractivity contribution in [2.75, 3.05) is 13.7 Å². The van der Waals surface area contributed by atoms with Gasteiger partial charge < -0.3 is 25.2 Å². The maximum absolute atomic E-state index is 13.9. The summed E-state index contributed by atoms with van der Waals surface area (Å²) in [4.78, 5) is 25.3. The van der Waals surface area contributed by atoms with E-state index in [0.29, 0.717) is 12.4 Å². The molecular weight excluding hydrogens is 417 g/mol. The minimum Gasteiger partial charge on any atom is -0.493 e. The Morgan fingerprint density at radius 3 is 2.42 bits per heavy atom. The molecule has 3 atom stereocenters. The Kier molecular flexibility index (Phi) is 6.12. The molecule has 0 unspecified atom stereocenters. The zero-order chi connectivity index (χ0) is 22.8. The number of carbonyl (C=O) groups excluding carboxylic acids is 2. The van der Waals surface area contributed by atoms with E-state index in [0.717, 1.165) is 0 Å². The summed E-state index contributed by atoms with van der Waals surface area (Å²) in [6.07, 6.45) is -5.33. The fourth-order valence-electron chi connectivity index (χ4n) is 3.55. The highest BCUT2D eigenvalue weighted by Gasteiger charge is 2.66. The highest BCUT2D eigenvalue weighted by atomic mass is 19.4. The van der Waals surface area contributed by atoms with E-state index in [-0.39, 0.29) is 16.9 Å². The average molecular weight is 438 g/mol. The van der Waals surface area contributed by atoms with E-state index >= 15 is 0 Å². The van der Waals surface area contributed by atoms with Crippen molar-refractivity contribution in [2.24, 2.45) is 5.92 Å². The van der Waals surface area contributed by atoms with Gasteiger partial charge in [-0.25, -0.2) is 4.79 Å². The highest BCUT2D eigenvalue weighted by molar-refractivity contribution is 6.00. The number of methoxy groups -OCH3 is 1. The van der Waals surface area contributed by atoms with Crippen LogP contribution in [0.1, 0.15) is 28.9 Å². The first-order valence-electron chi connectivity index (χ1n) is 9.40. The number of ether oxygens (including phenoxy) is 2. The van der Waals surface area contributed by atoms with Crippen LogP contribution in [0.4, 0.5) is 18.0 Å². The first kappa shape index (κ1) is 22.4. The molecule has 1 heterocycles. The van der Waals surface area contributed by atoms with Crippen LogP contribution < -0.4 is 20.1 Å². The minimum atomic E-state index is -5.33. The van der Waals surface area contributed by atoms with Crippen molar-refractivity contribution in [3.8, 4) is 11.5 Å². The van der Waals surface area contributed by atoms with Gasteiger partial charge in [0.15, 0.2) is 17.3 Å². The topological polar surface area (TPSA) is 96.9 Å². The van der Waals surface area contributed by atoms with Gasteiger partial charge in [0.1, 0.15) is 5.92 Å². The number of Topliss-reactive ketones (excluding diaryl/α,β-unsaturated/α-hetero) is 1. The lowest BCUT2D eigenvalue weighted by molar-refractivity contribution is -0.287. The fraction of sp³-hybridized carbons (Fsp3) is 0.333. The number of ketones is 1. The molecular formula is C21H21F3N2O5. The lowest BCUT2D eigenvalue weighted by atomic mass is 9.77. The zero-order valence-electron chi connectivity index (χ0n) is 16.7. The predicted molar refractivity (Wildman–Crippen MR) is 104 cm³/mol. The Balaban J connectivity index is 2.16. The molecule has 0 aliphatic carbocycles. The van der Waals surface area contributed by atoms with Crippen molar-refractivity contribution >= 4 is 11.8 Å². The van der Waals surface area contributed by atoms with Gasteiger partial charge in [0, 0.05) is 5.56 Å². The summed E-state index contributed by atoms with van der Waals surface area (Å²) < 4.78 is 52.4. The molecule has 3 rings (SSSR count). The average Bonchev–Trinajstić information content (AvgIpc) is 2.73. The first-order valence-corrected chi connectivity index (χ1v) is 9.40. The monoisotopic (exact) mass is 438 g/mol. The molecule has 10 heteroatoms. The van der Waals surface area contributed by atoms with Crippen LogP contribution in [0.25, 0.3) is 0 Å². The number of aliphatic hydroxyl groups is 1. The molecule has 2 aromatic rings. The summed E-state index contributed by atoms with van der Waals surface area (Å²) in [6, 6.07) is 8.72. The third kappa shape index (κ3) is 4.15. The maximum Gasteiger partial charge on any atom is 0.437 e. The van der Waals surface area contributed by atoms with Gasteiger partial charge >= 0.3 is 12.2 Å². The second-order valence-corrected chi connectivity index (χ2v) is 6.89. The number of hydrogen-bond donors (Lipinski definition) is 3. The molecule has 1 aliphatic rings. The minimum absolute atomic E-state index is 0.0453. The standard InChI is InChI=1S/C21H21F3N2O5/c1-3-31-14-10-9-13(11-15(14)30-2)17-16(18(27)12-7-5-4-6-8-12)20(29,21(22,23)24)26-19(28)25-17/h4-11,16-17,29H,3H2,1-2H3,(H2,25,26,28)/t16-,17-,20-/m0/s1. The molecule has 0 radical (unpaired) electrons. The van der Waals surface area contributed by atoms with Crippen LogP contribution in [0.15, 0.2) is 48.5 Å². The van der Waals surface area contributed by atoms with E-state index in [4.69, 9.17) is 9.47 Å². The van der Waals surface area contributed by atoms with Gasteiger partial charge in [-0.2, -0.15) is 13.2 Å². The molecule has 31 heavy (non-hydrogen) atoms. The van der Waals surface area contributed by atoms with Gasteiger partial charge in [0.2, 0.25) is 5.72 Å². The van der Waals surface area contributed by atoms with Crippen LogP contribution >= 0.6 is 0 Å². The number of hydrogen-bond acceptors (Lipinski definition) is 5. The number of benzene rings is 2. The molecule has 0 aromatic heterocycles. The Morgan fingerprint density at radius 2 is 1.84 bits per heavy atom. The van der Waals surface area contributed by atoms with Gasteiger partial charge in [0.05, 0.1) is 19.8 Å². The largest absolute Gasteiger partial charge is 0.493 e. The summed E-state index contributed by atoms with van der Waals surface area (Å²) in [7, 11) is 1.35. The second-order valence-electron chi connectivity index (χ2n) is 6.89. The summed E-state index contributed by atoms with van der Waals surface area (Å²) >= 11 is 0. The molecule has 0 bridgehead atoms. The number of alkyl halides is 3. The van der Waals surface area contributed by atoms with Gasteiger partial charge in [-0.3, -0.25) is 4.79 Å². The number of halogens is 3. The Hall–Kier alpha value is -3.27. The van der Waals surface area contributed by atoms with Crippen LogP contribution in [0, 0.1) is 5.92 Å². The van der Waals surface area contributed by atoms with Gasteiger partial charge in [0.25, 0.3) is 0 Å². The normalized spacial score (nSPS) is 23.5. The van der Waals surface area contributed by atoms with Gasteiger partial charge in [-0.15, -0.1) is 0 Å². The van der Waals surface area contributed by atoms with Crippen molar-refractivity contribution < 1.29 is 37.3 Å².